The Labute approximate surface area is 185 Å². The van der Waals surface area contributed by atoms with Gasteiger partial charge in [-0.05, 0) is 44.5 Å². The molecule has 7 heteroatoms. The third kappa shape index (κ3) is 5.03. The third-order valence-electron chi connectivity index (χ3n) is 5.64. The predicted octanol–water partition coefficient (Wildman–Crippen LogP) is 3.45. The average Bonchev–Trinajstić information content (AvgIpc) is 3.11. The van der Waals surface area contributed by atoms with Gasteiger partial charge in [0.05, 0.1) is 19.8 Å². The summed E-state index contributed by atoms with van der Waals surface area (Å²) in [4.78, 5) is 4.75. The van der Waals surface area contributed by atoms with Crippen LogP contribution in [0, 0.1) is 11.3 Å². The average molecular weight is 503 g/mol. The van der Waals surface area contributed by atoms with Crippen LogP contribution in [0.1, 0.15) is 34.1 Å². The van der Waals surface area contributed by atoms with Gasteiger partial charge in [0.15, 0.2) is 5.96 Å². The molecular formula is C21H34IN3O3. The van der Waals surface area contributed by atoms with Gasteiger partial charge >= 0.3 is 0 Å². The molecule has 0 radical (unpaired) electrons. The van der Waals surface area contributed by atoms with Crippen molar-refractivity contribution < 1.29 is 14.2 Å². The van der Waals surface area contributed by atoms with Crippen LogP contribution in [0.2, 0.25) is 0 Å². The highest BCUT2D eigenvalue weighted by atomic mass is 127. The Bertz CT molecular complexity index is 651. The van der Waals surface area contributed by atoms with Crippen LogP contribution in [0.5, 0.6) is 11.5 Å². The van der Waals surface area contributed by atoms with E-state index in [9.17, 15) is 0 Å². The maximum absolute atomic E-state index is 5.96. The van der Waals surface area contributed by atoms with Gasteiger partial charge in [0.25, 0.3) is 0 Å². The summed E-state index contributed by atoms with van der Waals surface area (Å²) >= 11 is 0. The van der Waals surface area contributed by atoms with E-state index in [4.69, 9.17) is 19.2 Å². The Morgan fingerprint density at radius 3 is 2.61 bits per heavy atom. The van der Waals surface area contributed by atoms with Crippen molar-refractivity contribution in [1.82, 2.24) is 10.6 Å². The van der Waals surface area contributed by atoms with Gasteiger partial charge in [0.1, 0.15) is 17.6 Å². The van der Waals surface area contributed by atoms with Gasteiger partial charge in [0, 0.05) is 30.5 Å². The van der Waals surface area contributed by atoms with Crippen molar-refractivity contribution in [3.8, 4) is 11.5 Å². The van der Waals surface area contributed by atoms with Crippen LogP contribution in [-0.4, -0.2) is 51.0 Å². The highest BCUT2D eigenvalue weighted by molar-refractivity contribution is 14.0. The van der Waals surface area contributed by atoms with Crippen LogP contribution in [0.4, 0.5) is 0 Å². The molecule has 1 aromatic carbocycles. The van der Waals surface area contributed by atoms with E-state index in [1.54, 1.807) is 7.11 Å². The number of halogens is 1. The van der Waals surface area contributed by atoms with E-state index >= 15 is 0 Å². The quantitative estimate of drug-likeness (QED) is 0.339. The lowest BCUT2D eigenvalue weighted by Gasteiger charge is -2.54. The molecule has 2 N–H and O–H groups in total. The molecule has 1 saturated heterocycles. The minimum atomic E-state index is -0.0224. The zero-order valence-corrected chi connectivity index (χ0v) is 19.9. The molecule has 28 heavy (non-hydrogen) atoms. The first-order valence-corrected chi connectivity index (χ1v) is 9.92. The second kappa shape index (κ2) is 10.0. The topological polar surface area (TPSA) is 64.1 Å². The summed E-state index contributed by atoms with van der Waals surface area (Å²) < 4.78 is 17.0. The normalized spacial score (nSPS) is 26.3. The number of aliphatic imine (C=N–C) groups is 1. The van der Waals surface area contributed by atoms with E-state index < -0.39 is 0 Å². The molecule has 3 rings (SSSR count). The summed E-state index contributed by atoms with van der Waals surface area (Å²) in [6.07, 6.45) is 1.48. The molecule has 1 aliphatic heterocycles. The molecule has 1 saturated carbocycles. The molecule has 4 unspecified atom stereocenters. The second-order valence-corrected chi connectivity index (χ2v) is 8.01. The number of nitrogens with one attached hydrogen (secondary N) is 2. The van der Waals surface area contributed by atoms with Crippen LogP contribution >= 0.6 is 24.0 Å². The van der Waals surface area contributed by atoms with Crippen LogP contribution in [-0.2, 0) is 4.74 Å². The number of ether oxygens (including phenoxy) is 3. The summed E-state index contributed by atoms with van der Waals surface area (Å²) in [6, 6.07) is 8.02. The predicted molar refractivity (Wildman–Crippen MR) is 123 cm³/mol. The second-order valence-electron chi connectivity index (χ2n) is 8.01. The highest BCUT2D eigenvalue weighted by Gasteiger charge is 2.59. The Kier molecular flexibility index (Phi) is 8.24. The van der Waals surface area contributed by atoms with Gasteiger partial charge in [-0.15, -0.1) is 24.0 Å². The van der Waals surface area contributed by atoms with Crippen molar-refractivity contribution in [2.24, 2.45) is 16.3 Å². The molecule has 0 amide bonds. The molecule has 158 valence electrons. The molecular weight excluding hydrogens is 469 g/mol. The Morgan fingerprint density at radius 1 is 1.29 bits per heavy atom. The Morgan fingerprint density at radius 2 is 1.96 bits per heavy atom. The smallest absolute Gasteiger partial charge is 0.191 e. The van der Waals surface area contributed by atoms with Gasteiger partial charge in [0.2, 0.25) is 0 Å². The Balaban J connectivity index is 0.00000280. The molecule has 1 aromatic rings. The monoisotopic (exact) mass is 503 g/mol. The lowest BCUT2D eigenvalue weighted by Crippen LogP contribution is -2.68. The minimum absolute atomic E-state index is 0. The van der Waals surface area contributed by atoms with Gasteiger partial charge < -0.3 is 24.8 Å². The number of guanidine groups is 1. The number of hydrogen-bond donors (Lipinski definition) is 2. The molecule has 0 spiro atoms. The van der Waals surface area contributed by atoms with Crippen molar-refractivity contribution in [3.05, 3.63) is 24.3 Å². The first-order valence-electron chi connectivity index (χ1n) is 9.92. The molecule has 1 heterocycles. The molecule has 4 atom stereocenters. The molecule has 1 aliphatic carbocycles. The van der Waals surface area contributed by atoms with Crippen molar-refractivity contribution in [3.63, 3.8) is 0 Å². The van der Waals surface area contributed by atoms with Crippen molar-refractivity contribution in [2.75, 3.05) is 26.8 Å². The summed E-state index contributed by atoms with van der Waals surface area (Å²) in [5.41, 5.74) is 0.128. The van der Waals surface area contributed by atoms with Crippen LogP contribution in [0.25, 0.3) is 0 Å². The number of nitrogens with zero attached hydrogens (tertiary/aromatic N) is 1. The fraction of sp³-hybridized carbons (Fsp3) is 0.667. The fourth-order valence-corrected chi connectivity index (χ4v) is 4.23. The SMILES string of the molecule is CCNC(=NCC(C)Oc1ccc(OC)cc1)NC1C2CCOC2C1(C)C.I. The lowest BCUT2D eigenvalue weighted by atomic mass is 9.57. The van der Waals surface area contributed by atoms with Gasteiger partial charge in [-0.1, -0.05) is 13.8 Å². The fourth-order valence-electron chi connectivity index (χ4n) is 4.23. The van der Waals surface area contributed by atoms with E-state index in [-0.39, 0.29) is 35.5 Å². The molecule has 2 fully saturated rings. The number of benzene rings is 1. The van der Waals surface area contributed by atoms with Crippen molar-refractivity contribution >= 4 is 29.9 Å². The standard InChI is InChI=1S/C21H33N3O3.HI/c1-6-22-20(24-18-17-11-12-26-19(17)21(18,3)4)23-13-14(2)27-16-9-7-15(25-5)8-10-16;/h7-10,14,17-19H,6,11-13H2,1-5H3,(H2,22,23,24);1H. The van der Waals surface area contributed by atoms with E-state index in [2.05, 4.69) is 31.4 Å². The molecule has 0 aromatic heterocycles. The highest BCUT2D eigenvalue weighted by Crippen LogP contribution is 2.52. The summed E-state index contributed by atoms with van der Waals surface area (Å²) in [6.45, 7) is 11.0. The molecule has 6 nitrogen and oxygen atoms in total. The number of fused-ring (bicyclic) bond motifs is 1. The van der Waals surface area contributed by atoms with Gasteiger partial charge in [-0.3, -0.25) is 0 Å². The first kappa shape index (κ1) is 23.1. The first-order chi connectivity index (χ1) is 13.0. The van der Waals surface area contributed by atoms with Crippen LogP contribution in [0.15, 0.2) is 29.3 Å². The van der Waals surface area contributed by atoms with Crippen molar-refractivity contribution in [2.45, 2.75) is 52.4 Å². The van der Waals surface area contributed by atoms with Gasteiger partial charge in [-0.2, -0.15) is 0 Å². The number of hydrogen-bond acceptors (Lipinski definition) is 4. The number of rotatable bonds is 7. The molecule has 2 aliphatic rings. The minimum Gasteiger partial charge on any atom is -0.497 e. The lowest BCUT2D eigenvalue weighted by molar-refractivity contribution is -0.106. The zero-order chi connectivity index (χ0) is 19.4. The van der Waals surface area contributed by atoms with E-state index in [0.717, 1.165) is 37.0 Å². The Hall–Kier alpha value is -1.22. The third-order valence-corrected chi connectivity index (χ3v) is 5.64. The molecule has 0 bridgehead atoms. The number of methoxy groups -OCH3 is 1. The van der Waals surface area contributed by atoms with E-state index in [1.807, 2.05) is 31.2 Å². The van der Waals surface area contributed by atoms with E-state index in [0.29, 0.717) is 24.6 Å². The van der Waals surface area contributed by atoms with Crippen molar-refractivity contribution in [1.29, 1.82) is 0 Å². The van der Waals surface area contributed by atoms with Crippen LogP contribution < -0.4 is 20.1 Å². The van der Waals surface area contributed by atoms with Gasteiger partial charge in [-0.25, -0.2) is 4.99 Å². The van der Waals surface area contributed by atoms with Crippen LogP contribution in [0.3, 0.4) is 0 Å². The maximum atomic E-state index is 5.96. The summed E-state index contributed by atoms with van der Waals surface area (Å²) in [7, 11) is 1.66. The summed E-state index contributed by atoms with van der Waals surface area (Å²) in [5, 5.41) is 7.00. The largest absolute Gasteiger partial charge is 0.497 e. The van der Waals surface area contributed by atoms with E-state index in [1.165, 1.54) is 0 Å². The zero-order valence-electron chi connectivity index (χ0n) is 17.5. The maximum Gasteiger partial charge on any atom is 0.191 e. The summed E-state index contributed by atoms with van der Waals surface area (Å²) in [5.74, 6) is 3.08.